The van der Waals surface area contributed by atoms with Crippen molar-refractivity contribution in [1.82, 2.24) is 4.90 Å². The monoisotopic (exact) mass is 316 g/mol. The highest BCUT2D eigenvalue weighted by atomic mass is 16.3. The third-order valence-corrected chi connectivity index (χ3v) is 5.60. The van der Waals surface area contributed by atoms with E-state index in [0.29, 0.717) is 18.5 Å². The van der Waals surface area contributed by atoms with Crippen LogP contribution >= 0.6 is 0 Å². The molecule has 0 aromatic heterocycles. The number of nitrogens with zero attached hydrogens (tertiary/aromatic N) is 2. The lowest BCUT2D eigenvalue weighted by Gasteiger charge is -2.39. The Balaban J connectivity index is 1.64. The van der Waals surface area contributed by atoms with E-state index in [-0.39, 0.29) is 5.91 Å². The van der Waals surface area contributed by atoms with Gasteiger partial charge in [0.1, 0.15) is 0 Å². The Hall–Kier alpha value is -1.39. The average molecular weight is 316 g/mol. The number of benzene rings is 1. The standard InChI is InChI=1S/C19H28N2O2/c1-13-5-4-6-14(2)21(13)10-9-18(22)15-7-8-17-16(11-15)12-19(23)20(17)3/h7-8,11,13-14,18,22H,4-6,9-10,12H2,1-3H3. The number of likely N-dealkylation sites (N-methyl/N-ethyl adjacent to an activating group) is 1. The first-order valence-corrected chi connectivity index (χ1v) is 8.80. The largest absolute Gasteiger partial charge is 0.388 e. The van der Waals surface area contributed by atoms with E-state index in [9.17, 15) is 9.90 Å². The van der Waals surface area contributed by atoms with Gasteiger partial charge in [0.2, 0.25) is 5.91 Å². The summed E-state index contributed by atoms with van der Waals surface area (Å²) < 4.78 is 0. The summed E-state index contributed by atoms with van der Waals surface area (Å²) in [5, 5.41) is 10.6. The number of carbonyl (C=O) groups excluding carboxylic acids is 1. The minimum atomic E-state index is -0.456. The third kappa shape index (κ3) is 3.29. The molecule has 4 heteroatoms. The van der Waals surface area contributed by atoms with Gasteiger partial charge in [0.15, 0.2) is 0 Å². The summed E-state index contributed by atoms with van der Waals surface area (Å²) in [6, 6.07) is 7.14. The quantitative estimate of drug-likeness (QED) is 0.929. The number of hydrogen-bond acceptors (Lipinski definition) is 3. The van der Waals surface area contributed by atoms with Crippen LogP contribution in [-0.4, -0.2) is 41.6 Å². The molecular weight excluding hydrogens is 288 g/mol. The van der Waals surface area contributed by atoms with Gasteiger partial charge in [-0.3, -0.25) is 9.69 Å². The Morgan fingerprint density at radius 1 is 1.26 bits per heavy atom. The molecule has 1 fully saturated rings. The third-order valence-electron chi connectivity index (χ3n) is 5.60. The maximum atomic E-state index is 11.8. The number of carbonyl (C=O) groups is 1. The zero-order valence-corrected chi connectivity index (χ0v) is 14.5. The van der Waals surface area contributed by atoms with Crippen LogP contribution in [0.5, 0.6) is 0 Å². The Labute approximate surface area is 139 Å². The fraction of sp³-hybridized carbons (Fsp3) is 0.632. The van der Waals surface area contributed by atoms with Gasteiger partial charge in [0, 0.05) is 31.4 Å². The van der Waals surface area contributed by atoms with Crippen molar-refractivity contribution in [3.8, 4) is 0 Å². The van der Waals surface area contributed by atoms with E-state index in [1.54, 1.807) is 4.90 Å². The molecule has 3 atom stereocenters. The molecule has 3 rings (SSSR count). The van der Waals surface area contributed by atoms with Crippen LogP contribution in [-0.2, 0) is 11.2 Å². The van der Waals surface area contributed by atoms with Crippen LogP contribution in [0.25, 0.3) is 0 Å². The zero-order valence-electron chi connectivity index (χ0n) is 14.5. The van der Waals surface area contributed by atoms with Gasteiger partial charge < -0.3 is 10.0 Å². The number of likely N-dealkylation sites (tertiary alicyclic amines) is 1. The lowest BCUT2D eigenvalue weighted by molar-refractivity contribution is -0.117. The normalized spacial score (nSPS) is 26.4. The van der Waals surface area contributed by atoms with Crippen molar-refractivity contribution in [2.24, 2.45) is 0 Å². The van der Waals surface area contributed by atoms with Crippen molar-refractivity contribution >= 4 is 11.6 Å². The number of aliphatic hydroxyl groups excluding tert-OH is 1. The molecule has 0 bridgehead atoms. The number of anilines is 1. The van der Waals surface area contributed by atoms with E-state index in [2.05, 4.69) is 18.7 Å². The summed E-state index contributed by atoms with van der Waals surface area (Å²) in [6.07, 6.45) is 4.57. The first-order valence-electron chi connectivity index (χ1n) is 8.80. The van der Waals surface area contributed by atoms with Crippen LogP contribution in [0.2, 0.25) is 0 Å². The summed E-state index contributed by atoms with van der Waals surface area (Å²) in [4.78, 5) is 16.0. The fourth-order valence-corrected chi connectivity index (χ4v) is 4.05. The van der Waals surface area contributed by atoms with Crippen molar-refractivity contribution in [2.45, 2.75) is 64.1 Å². The molecule has 1 aromatic carbocycles. The topological polar surface area (TPSA) is 43.8 Å². The van der Waals surface area contributed by atoms with Gasteiger partial charge in [-0.05, 0) is 50.3 Å². The van der Waals surface area contributed by atoms with Crippen LogP contribution in [0.3, 0.4) is 0 Å². The molecule has 1 N–H and O–H groups in total. The first-order chi connectivity index (χ1) is 11.0. The van der Waals surface area contributed by atoms with E-state index >= 15 is 0 Å². The predicted octanol–water partition coefficient (Wildman–Crippen LogP) is 2.89. The van der Waals surface area contributed by atoms with Gasteiger partial charge in [-0.15, -0.1) is 0 Å². The molecule has 1 aromatic rings. The zero-order chi connectivity index (χ0) is 16.6. The Morgan fingerprint density at radius 3 is 2.65 bits per heavy atom. The van der Waals surface area contributed by atoms with Crippen LogP contribution < -0.4 is 4.90 Å². The fourth-order valence-electron chi connectivity index (χ4n) is 4.05. The molecule has 1 saturated heterocycles. The molecule has 0 spiro atoms. The second kappa shape index (κ2) is 6.62. The van der Waals surface area contributed by atoms with E-state index in [1.807, 2.05) is 25.2 Å². The average Bonchev–Trinajstić information content (AvgIpc) is 2.81. The van der Waals surface area contributed by atoms with Crippen molar-refractivity contribution in [1.29, 1.82) is 0 Å². The molecule has 2 heterocycles. The summed E-state index contributed by atoms with van der Waals surface area (Å²) >= 11 is 0. The number of hydrogen-bond donors (Lipinski definition) is 1. The highest BCUT2D eigenvalue weighted by Crippen LogP contribution is 2.31. The number of fused-ring (bicyclic) bond motifs is 1. The molecule has 0 aliphatic carbocycles. The molecule has 0 radical (unpaired) electrons. The lowest BCUT2D eigenvalue weighted by atomic mass is 9.96. The number of amides is 1. The highest BCUT2D eigenvalue weighted by Gasteiger charge is 2.27. The lowest BCUT2D eigenvalue weighted by Crippen LogP contribution is -2.44. The molecular formula is C19H28N2O2. The number of piperidine rings is 1. The minimum absolute atomic E-state index is 0.127. The highest BCUT2D eigenvalue weighted by molar-refractivity contribution is 6.00. The first kappa shape index (κ1) is 16.5. The Morgan fingerprint density at radius 2 is 1.96 bits per heavy atom. The van der Waals surface area contributed by atoms with Crippen LogP contribution in [0.4, 0.5) is 5.69 Å². The molecule has 3 unspecified atom stereocenters. The van der Waals surface area contributed by atoms with Crippen LogP contribution in [0.1, 0.15) is 56.8 Å². The summed E-state index contributed by atoms with van der Waals surface area (Å²) in [5.74, 6) is 0.127. The van der Waals surface area contributed by atoms with E-state index < -0.39 is 6.10 Å². The van der Waals surface area contributed by atoms with Crippen molar-refractivity contribution in [3.05, 3.63) is 29.3 Å². The molecule has 4 nitrogen and oxygen atoms in total. The SMILES string of the molecule is CC1CCCC(C)N1CCC(O)c1ccc2c(c1)CC(=O)N2C. The summed E-state index contributed by atoms with van der Waals surface area (Å²) in [5.41, 5.74) is 2.95. The molecule has 126 valence electrons. The van der Waals surface area contributed by atoms with Crippen LogP contribution in [0, 0.1) is 0 Å². The van der Waals surface area contributed by atoms with Gasteiger partial charge in [-0.25, -0.2) is 0 Å². The summed E-state index contributed by atoms with van der Waals surface area (Å²) in [7, 11) is 1.81. The predicted molar refractivity (Wildman–Crippen MR) is 92.6 cm³/mol. The van der Waals surface area contributed by atoms with Gasteiger partial charge >= 0.3 is 0 Å². The van der Waals surface area contributed by atoms with E-state index in [1.165, 1.54) is 19.3 Å². The Bertz CT molecular complexity index is 577. The Kier molecular flexibility index (Phi) is 4.74. The molecule has 1 amide bonds. The molecule has 0 saturated carbocycles. The van der Waals surface area contributed by atoms with Gasteiger partial charge in [0.25, 0.3) is 0 Å². The summed E-state index contributed by atoms with van der Waals surface area (Å²) in [6.45, 7) is 5.51. The van der Waals surface area contributed by atoms with E-state index in [4.69, 9.17) is 0 Å². The maximum Gasteiger partial charge on any atom is 0.231 e. The number of rotatable bonds is 4. The van der Waals surface area contributed by atoms with Gasteiger partial charge in [-0.2, -0.15) is 0 Å². The second-order valence-electron chi connectivity index (χ2n) is 7.19. The molecule has 2 aliphatic rings. The molecule has 2 aliphatic heterocycles. The van der Waals surface area contributed by atoms with Gasteiger partial charge in [-0.1, -0.05) is 18.6 Å². The second-order valence-corrected chi connectivity index (χ2v) is 7.19. The minimum Gasteiger partial charge on any atom is -0.388 e. The smallest absolute Gasteiger partial charge is 0.231 e. The van der Waals surface area contributed by atoms with Gasteiger partial charge in [0.05, 0.1) is 12.5 Å². The van der Waals surface area contributed by atoms with Crippen molar-refractivity contribution < 1.29 is 9.90 Å². The van der Waals surface area contributed by atoms with Crippen molar-refractivity contribution in [3.63, 3.8) is 0 Å². The molecule has 23 heavy (non-hydrogen) atoms. The maximum absolute atomic E-state index is 11.8. The number of aliphatic hydroxyl groups is 1. The van der Waals surface area contributed by atoms with Crippen LogP contribution in [0.15, 0.2) is 18.2 Å². The van der Waals surface area contributed by atoms with Crippen molar-refractivity contribution in [2.75, 3.05) is 18.5 Å². The van der Waals surface area contributed by atoms with E-state index in [0.717, 1.165) is 29.8 Å².